The van der Waals surface area contributed by atoms with E-state index in [2.05, 4.69) is 53.4 Å². The van der Waals surface area contributed by atoms with Gasteiger partial charge in [0.2, 0.25) is 0 Å². The number of fused-ring (bicyclic) bond motifs is 1. The number of nitrogens with zero attached hydrogens (tertiary/aromatic N) is 2. The van der Waals surface area contributed by atoms with E-state index in [4.69, 9.17) is 5.73 Å². The zero-order chi connectivity index (χ0) is 14.8. The SMILES string of the molecule is Cc1ccc(-c2c(C)sc3ncnc(NCCN)c23)cc1. The summed E-state index contributed by atoms with van der Waals surface area (Å²) in [7, 11) is 0. The second-order valence-electron chi connectivity index (χ2n) is 5.02. The molecule has 0 saturated heterocycles. The van der Waals surface area contributed by atoms with Crippen molar-refractivity contribution in [2.24, 2.45) is 5.73 Å². The van der Waals surface area contributed by atoms with Crippen molar-refractivity contribution in [3.05, 3.63) is 41.0 Å². The molecule has 108 valence electrons. The summed E-state index contributed by atoms with van der Waals surface area (Å²) in [6, 6.07) is 8.58. The summed E-state index contributed by atoms with van der Waals surface area (Å²) in [6.45, 7) is 5.51. The molecule has 0 aliphatic rings. The van der Waals surface area contributed by atoms with Gasteiger partial charge in [-0.3, -0.25) is 0 Å². The number of aromatic nitrogens is 2. The Morgan fingerprint density at radius 1 is 1.14 bits per heavy atom. The summed E-state index contributed by atoms with van der Waals surface area (Å²) in [4.78, 5) is 11.1. The second-order valence-corrected chi connectivity index (χ2v) is 6.22. The standard InChI is InChI=1S/C16H18N4S/c1-10-3-5-12(6-4-10)13-11(2)21-16-14(13)15(18-8-7-17)19-9-20-16/h3-6,9H,7-8,17H2,1-2H3,(H,18,19,20). The topological polar surface area (TPSA) is 63.8 Å². The highest BCUT2D eigenvalue weighted by molar-refractivity contribution is 7.19. The fraction of sp³-hybridized carbons (Fsp3) is 0.250. The van der Waals surface area contributed by atoms with Crippen LogP contribution >= 0.6 is 11.3 Å². The highest BCUT2D eigenvalue weighted by Crippen LogP contribution is 2.40. The van der Waals surface area contributed by atoms with E-state index >= 15 is 0 Å². The summed E-state index contributed by atoms with van der Waals surface area (Å²) in [6.07, 6.45) is 1.61. The maximum Gasteiger partial charge on any atom is 0.138 e. The Morgan fingerprint density at radius 3 is 2.62 bits per heavy atom. The lowest BCUT2D eigenvalue weighted by molar-refractivity contribution is 1.01. The smallest absolute Gasteiger partial charge is 0.138 e. The molecule has 5 heteroatoms. The first-order valence-corrected chi connectivity index (χ1v) is 7.77. The summed E-state index contributed by atoms with van der Waals surface area (Å²) in [5.41, 5.74) is 9.27. The molecule has 1 aromatic carbocycles. The Labute approximate surface area is 128 Å². The molecule has 0 atom stereocenters. The quantitative estimate of drug-likeness (QED) is 0.775. The number of anilines is 1. The molecule has 0 spiro atoms. The number of nitrogens with one attached hydrogen (secondary N) is 1. The van der Waals surface area contributed by atoms with Gasteiger partial charge in [0.05, 0.1) is 5.39 Å². The van der Waals surface area contributed by atoms with Crippen LogP contribution < -0.4 is 11.1 Å². The zero-order valence-corrected chi connectivity index (χ0v) is 13.0. The molecule has 0 amide bonds. The molecule has 0 aliphatic carbocycles. The van der Waals surface area contributed by atoms with Gasteiger partial charge in [0.1, 0.15) is 17.0 Å². The van der Waals surface area contributed by atoms with Gasteiger partial charge in [-0.05, 0) is 19.4 Å². The van der Waals surface area contributed by atoms with Crippen LogP contribution in [-0.4, -0.2) is 23.1 Å². The molecule has 0 aliphatic heterocycles. The molecule has 21 heavy (non-hydrogen) atoms. The van der Waals surface area contributed by atoms with Crippen molar-refractivity contribution in [3.8, 4) is 11.1 Å². The van der Waals surface area contributed by atoms with Crippen molar-refractivity contribution in [1.82, 2.24) is 9.97 Å². The Hall–Kier alpha value is -1.98. The molecule has 0 fully saturated rings. The van der Waals surface area contributed by atoms with Crippen LogP contribution in [0.5, 0.6) is 0 Å². The Bertz CT molecular complexity index is 762. The molecule has 0 saturated carbocycles. The van der Waals surface area contributed by atoms with Crippen LogP contribution in [0.25, 0.3) is 21.3 Å². The van der Waals surface area contributed by atoms with Crippen LogP contribution in [0.3, 0.4) is 0 Å². The van der Waals surface area contributed by atoms with E-state index in [9.17, 15) is 0 Å². The van der Waals surface area contributed by atoms with E-state index in [-0.39, 0.29) is 0 Å². The highest BCUT2D eigenvalue weighted by atomic mass is 32.1. The number of benzene rings is 1. The van der Waals surface area contributed by atoms with Crippen molar-refractivity contribution in [2.45, 2.75) is 13.8 Å². The summed E-state index contributed by atoms with van der Waals surface area (Å²) in [5, 5.41) is 4.40. The molecule has 0 unspecified atom stereocenters. The molecule has 3 aromatic rings. The normalized spacial score (nSPS) is 11.0. The predicted octanol–water partition coefficient (Wildman–Crippen LogP) is 3.35. The number of hydrogen-bond donors (Lipinski definition) is 2. The van der Waals surface area contributed by atoms with E-state index in [1.807, 2.05) is 0 Å². The van der Waals surface area contributed by atoms with E-state index in [1.165, 1.54) is 21.6 Å². The number of nitrogens with two attached hydrogens (primary N) is 1. The van der Waals surface area contributed by atoms with Crippen LogP contribution in [-0.2, 0) is 0 Å². The molecule has 0 bridgehead atoms. The van der Waals surface area contributed by atoms with Crippen molar-refractivity contribution >= 4 is 27.4 Å². The maximum atomic E-state index is 5.59. The first-order valence-electron chi connectivity index (χ1n) is 6.96. The van der Waals surface area contributed by atoms with Crippen molar-refractivity contribution in [3.63, 3.8) is 0 Å². The molecule has 2 heterocycles. The first kappa shape index (κ1) is 14.0. The van der Waals surface area contributed by atoms with Gasteiger partial charge in [-0.1, -0.05) is 29.8 Å². The van der Waals surface area contributed by atoms with Crippen LogP contribution in [0.1, 0.15) is 10.4 Å². The lowest BCUT2D eigenvalue weighted by Gasteiger charge is -2.08. The van der Waals surface area contributed by atoms with Crippen LogP contribution in [0.15, 0.2) is 30.6 Å². The van der Waals surface area contributed by atoms with Gasteiger partial charge >= 0.3 is 0 Å². The molecule has 2 aromatic heterocycles. The van der Waals surface area contributed by atoms with E-state index in [1.54, 1.807) is 17.7 Å². The third-order valence-electron chi connectivity index (χ3n) is 3.44. The maximum absolute atomic E-state index is 5.59. The van der Waals surface area contributed by atoms with Gasteiger partial charge in [-0.2, -0.15) is 0 Å². The van der Waals surface area contributed by atoms with E-state index in [0.717, 1.165) is 16.0 Å². The fourth-order valence-electron chi connectivity index (χ4n) is 2.44. The number of aryl methyl sites for hydroxylation is 2. The minimum atomic E-state index is 0.578. The van der Waals surface area contributed by atoms with Crippen LogP contribution in [0.2, 0.25) is 0 Å². The van der Waals surface area contributed by atoms with Gasteiger partial charge in [-0.25, -0.2) is 9.97 Å². The van der Waals surface area contributed by atoms with Crippen LogP contribution in [0, 0.1) is 13.8 Å². The van der Waals surface area contributed by atoms with Gasteiger partial charge in [0.25, 0.3) is 0 Å². The third-order valence-corrected chi connectivity index (χ3v) is 4.45. The van der Waals surface area contributed by atoms with E-state index < -0.39 is 0 Å². The van der Waals surface area contributed by atoms with Gasteiger partial charge < -0.3 is 11.1 Å². The average Bonchev–Trinajstić information content (AvgIpc) is 2.82. The summed E-state index contributed by atoms with van der Waals surface area (Å²) in [5.74, 6) is 0.866. The second kappa shape index (κ2) is 5.79. The largest absolute Gasteiger partial charge is 0.368 e. The molecular formula is C16H18N4S. The highest BCUT2D eigenvalue weighted by Gasteiger charge is 2.16. The monoisotopic (exact) mass is 298 g/mol. The molecular weight excluding hydrogens is 280 g/mol. The lowest BCUT2D eigenvalue weighted by Crippen LogP contribution is -2.14. The third kappa shape index (κ3) is 2.62. The van der Waals surface area contributed by atoms with Crippen molar-refractivity contribution in [2.75, 3.05) is 18.4 Å². The lowest BCUT2D eigenvalue weighted by atomic mass is 10.0. The zero-order valence-electron chi connectivity index (χ0n) is 12.2. The molecule has 3 N–H and O–H groups in total. The number of hydrogen-bond acceptors (Lipinski definition) is 5. The Balaban J connectivity index is 2.21. The van der Waals surface area contributed by atoms with Gasteiger partial charge in [0, 0.05) is 23.5 Å². The fourth-order valence-corrected chi connectivity index (χ4v) is 3.45. The molecule has 3 rings (SSSR count). The summed E-state index contributed by atoms with van der Waals surface area (Å²) < 4.78 is 0. The minimum absolute atomic E-state index is 0.578. The minimum Gasteiger partial charge on any atom is -0.368 e. The number of rotatable bonds is 4. The number of thiophene rings is 1. The Kier molecular flexibility index (Phi) is 3.86. The average molecular weight is 298 g/mol. The van der Waals surface area contributed by atoms with Gasteiger partial charge in [0.15, 0.2) is 0 Å². The first-order chi connectivity index (χ1) is 10.2. The van der Waals surface area contributed by atoms with Crippen LogP contribution in [0.4, 0.5) is 5.82 Å². The summed E-state index contributed by atoms with van der Waals surface area (Å²) >= 11 is 1.70. The predicted molar refractivity (Wildman–Crippen MR) is 89.9 cm³/mol. The Morgan fingerprint density at radius 2 is 1.90 bits per heavy atom. The molecule has 4 nitrogen and oxygen atoms in total. The van der Waals surface area contributed by atoms with Gasteiger partial charge in [-0.15, -0.1) is 11.3 Å². The van der Waals surface area contributed by atoms with Crippen molar-refractivity contribution in [1.29, 1.82) is 0 Å². The molecule has 0 radical (unpaired) electrons. The van der Waals surface area contributed by atoms with E-state index in [0.29, 0.717) is 13.1 Å². The van der Waals surface area contributed by atoms with Crippen molar-refractivity contribution < 1.29 is 0 Å².